The Balaban J connectivity index is 1.73. The van der Waals surface area contributed by atoms with Crippen LogP contribution < -0.4 is 20.7 Å². The first-order chi connectivity index (χ1) is 12.5. The molecule has 0 aliphatic carbocycles. The Morgan fingerprint density at radius 1 is 1.12 bits per heavy atom. The standard InChI is InChI=1S/C20H25N3O3/c1-14-7-4-5-10-19(14)15(2)22-20(25)21-11-12-26-18-9-6-8-17(13-18)23-16(3)24/h4-10,13,15H,11-12H2,1-3H3,(H,23,24)(H2,21,22,25). The van der Waals surface area contributed by atoms with Gasteiger partial charge < -0.3 is 20.7 Å². The fraction of sp³-hybridized carbons (Fsp3) is 0.300. The number of ether oxygens (including phenoxy) is 1. The number of rotatable bonds is 7. The highest BCUT2D eigenvalue weighted by atomic mass is 16.5. The van der Waals surface area contributed by atoms with Crippen LogP contribution in [0.4, 0.5) is 10.5 Å². The molecule has 0 aromatic heterocycles. The molecule has 0 heterocycles. The largest absolute Gasteiger partial charge is 0.492 e. The lowest BCUT2D eigenvalue weighted by atomic mass is 10.0. The molecule has 6 nitrogen and oxygen atoms in total. The van der Waals surface area contributed by atoms with Crippen molar-refractivity contribution in [2.75, 3.05) is 18.5 Å². The summed E-state index contributed by atoms with van der Waals surface area (Å²) < 4.78 is 5.59. The van der Waals surface area contributed by atoms with Crippen molar-refractivity contribution < 1.29 is 14.3 Å². The zero-order chi connectivity index (χ0) is 18.9. The molecule has 0 bridgehead atoms. The Morgan fingerprint density at radius 2 is 1.88 bits per heavy atom. The zero-order valence-electron chi connectivity index (χ0n) is 15.3. The van der Waals surface area contributed by atoms with E-state index in [0.717, 1.165) is 11.1 Å². The highest BCUT2D eigenvalue weighted by Gasteiger charge is 2.10. The minimum absolute atomic E-state index is 0.0774. The number of carbonyl (C=O) groups excluding carboxylic acids is 2. The van der Waals surface area contributed by atoms with Crippen molar-refractivity contribution in [2.45, 2.75) is 26.8 Å². The fourth-order valence-electron chi connectivity index (χ4n) is 2.60. The molecule has 3 N–H and O–H groups in total. The minimum Gasteiger partial charge on any atom is -0.492 e. The summed E-state index contributed by atoms with van der Waals surface area (Å²) in [6.07, 6.45) is 0. The van der Waals surface area contributed by atoms with Gasteiger partial charge >= 0.3 is 6.03 Å². The van der Waals surface area contributed by atoms with Gasteiger partial charge in [0.1, 0.15) is 12.4 Å². The summed E-state index contributed by atoms with van der Waals surface area (Å²) in [6, 6.07) is 14.8. The summed E-state index contributed by atoms with van der Waals surface area (Å²) in [5.74, 6) is 0.495. The maximum Gasteiger partial charge on any atom is 0.315 e. The third kappa shape index (κ3) is 6.12. The summed E-state index contributed by atoms with van der Waals surface area (Å²) in [5.41, 5.74) is 2.91. The number of carbonyl (C=O) groups is 2. The molecule has 0 aliphatic heterocycles. The number of nitrogens with one attached hydrogen (secondary N) is 3. The molecule has 0 radical (unpaired) electrons. The van der Waals surface area contributed by atoms with Gasteiger partial charge in [0.15, 0.2) is 0 Å². The van der Waals surface area contributed by atoms with Gasteiger partial charge in [0.25, 0.3) is 0 Å². The summed E-state index contributed by atoms with van der Waals surface area (Å²) in [5, 5.41) is 8.39. The van der Waals surface area contributed by atoms with Crippen LogP contribution in [0, 0.1) is 6.92 Å². The van der Waals surface area contributed by atoms with E-state index in [1.54, 1.807) is 24.3 Å². The van der Waals surface area contributed by atoms with Crippen molar-refractivity contribution in [1.82, 2.24) is 10.6 Å². The molecule has 0 fully saturated rings. The number of anilines is 1. The number of hydrogen-bond acceptors (Lipinski definition) is 3. The molecule has 3 amide bonds. The third-order valence-corrected chi connectivity index (χ3v) is 3.81. The first-order valence-corrected chi connectivity index (χ1v) is 8.56. The first-order valence-electron chi connectivity index (χ1n) is 8.56. The van der Waals surface area contributed by atoms with Crippen molar-refractivity contribution in [1.29, 1.82) is 0 Å². The molecule has 138 valence electrons. The van der Waals surface area contributed by atoms with Gasteiger partial charge in [-0.2, -0.15) is 0 Å². The SMILES string of the molecule is CC(=O)Nc1cccc(OCCNC(=O)NC(C)c2ccccc2C)c1. The molecule has 2 rings (SSSR count). The van der Waals surface area contributed by atoms with Crippen LogP contribution in [0.3, 0.4) is 0 Å². The second kappa shape index (κ2) is 9.46. The van der Waals surface area contributed by atoms with Gasteiger partial charge in [0, 0.05) is 18.7 Å². The molecule has 0 aliphatic rings. The third-order valence-electron chi connectivity index (χ3n) is 3.81. The van der Waals surface area contributed by atoms with E-state index in [0.29, 0.717) is 24.6 Å². The Labute approximate surface area is 153 Å². The predicted molar refractivity (Wildman–Crippen MR) is 102 cm³/mol. The lowest BCUT2D eigenvalue weighted by Crippen LogP contribution is -2.39. The van der Waals surface area contributed by atoms with Crippen molar-refractivity contribution >= 4 is 17.6 Å². The summed E-state index contributed by atoms with van der Waals surface area (Å²) in [4.78, 5) is 23.1. The molecule has 1 unspecified atom stereocenters. The van der Waals surface area contributed by atoms with E-state index in [1.807, 2.05) is 38.1 Å². The highest BCUT2D eigenvalue weighted by Crippen LogP contribution is 2.17. The quantitative estimate of drug-likeness (QED) is 0.666. The van der Waals surface area contributed by atoms with Gasteiger partial charge in [0.05, 0.1) is 12.6 Å². The molecule has 2 aromatic carbocycles. The number of aryl methyl sites for hydroxylation is 1. The van der Waals surface area contributed by atoms with Gasteiger partial charge in [-0.1, -0.05) is 30.3 Å². The minimum atomic E-state index is -0.239. The van der Waals surface area contributed by atoms with Crippen LogP contribution >= 0.6 is 0 Å². The number of hydrogen-bond donors (Lipinski definition) is 3. The van der Waals surface area contributed by atoms with Gasteiger partial charge in [-0.15, -0.1) is 0 Å². The van der Waals surface area contributed by atoms with E-state index in [4.69, 9.17) is 4.74 Å². The van der Waals surface area contributed by atoms with Crippen LogP contribution in [0.15, 0.2) is 48.5 Å². The average Bonchev–Trinajstić information content (AvgIpc) is 2.59. The van der Waals surface area contributed by atoms with Crippen molar-refractivity contribution in [3.8, 4) is 5.75 Å². The molecule has 0 spiro atoms. The molecular formula is C20H25N3O3. The second-order valence-electron chi connectivity index (χ2n) is 6.04. The van der Waals surface area contributed by atoms with Gasteiger partial charge in [-0.3, -0.25) is 4.79 Å². The number of benzene rings is 2. The Hall–Kier alpha value is -3.02. The molecule has 6 heteroatoms. The number of amides is 3. The van der Waals surface area contributed by atoms with Crippen LogP contribution in [-0.4, -0.2) is 25.1 Å². The van der Waals surface area contributed by atoms with Crippen LogP contribution in [0.1, 0.15) is 31.0 Å². The first kappa shape index (κ1) is 19.3. The second-order valence-corrected chi connectivity index (χ2v) is 6.04. The van der Waals surface area contributed by atoms with E-state index < -0.39 is 0 Å². The molecule has 2 aromatic rings. The molecule has 0 saturated carbocycles. The monoisotopic (exact) mass is 355 g/mol. The van der Waals surface area contributed by atoms with Crippen molar-refractivity contribution in [3.63, 3.8) is 0 Å². The molecular weight excluding hydrogens is 330 g/mol. The van der Waals surface area contributed by atoms with Crippen LogP contribution in [0.2, 0.25) is 0 Å². The molecule has 26 heavy (non-hydrogen) atoms. The highest BCUT2D eigenvalue weighted by molar-refractivity contribution is 5.88. The Kier molecular flexibility index (Phi) is 7.02. The molecule has 0 saturated heterocycles. The smallest absolute Gasteiger partial charge is 0.315 e. The maximum absolute atomic E-state index is 12.0. The Morgan fingerprint density at radius 3 is 2.62 bits per heavy atom. The van der Waals surface area contributed by atoms with Crippen molar-refractivity contribution in [2.24, 2.45) is 0 Å². The zero-order valence-corrected chi connectivity index (χ0v) is 15.3. The molecule has 1 atom stereocenters. The predicted octanol–water partition coefficient (Wildman–Crippen LogP) is 3.39. The summed E-state index contributed by atoms with van der Waals surface area (Å²) >= 11 is 0. The number of urea groups is 1. The van der Waals surface area contributed by atoms with E-state index in [2.05, 4.69) is 16.0 Å². The topological polar surface area (TPSA) is 79.5 Å². The van der Waals surface area contributed by atoms with E-state index >= 15 is 0 Å². The summed E-state index contributed by atoms with van der Waals surface area (Å²) in [7, 11) is 0. The normalized spacial score (nSPS) is 11.3. The average molecular weight is 355 g/mol. The van der Waals surface area contributed by atoms with Crippen LogP contribution in [0.25, 0.3) is 0 Å². The maximum atomic E-state index is 12.0. The summed E-state index contributed by atoms with van der Waals surface area (Å²) in [6.45, 7) is 6.13. The van der Waals surface area contributed by atoms with Gasteiger partial charge in [-0.25, -0.2) is 4.79 Å². The van der Waals surface area contributed by atoms with E-state index in [-0.39, 0.29) is 18.0 Å². The van der Waals surface area contributed by atoms with Crippen molar-refractivity contribution in [3.05, 3.63) is 59.7 Å². The van der Waals surface area contributed by atoms with Crippen LogP contribution in [-0.2, 0) is 4.79 Å². The van der Waals surface area contributed by atoms with E-state index in [9.17, 15) is 9.59 Å². The lowest BCUT2D eigenvalue weighted by Gasteiger charge is -2.17. The Bertz CT molecular complexity index is 761. The van der Waals surface area contributed by atoms with Gasteiger partial charge in [-0.05, 0) is 37.1 Å². The van der Waals surface area contributed by atoms with E-state index in [1.165, 1.54) is 6.92 Å². The van der Waals surface area contributed by atoms with Crippen LogP contribution in [0.5, 0.6) is 5.75 Å². The fourth-order valence-corrected chi connectivity index (χ4v) is 2.60. The lowest BCUT2D eigenvalue weighted by molar-refractivity contribution is -0.114. The van der Waals surface area contributed by atoms with Gasteiger partial charge in [0.2, 0.25) is 5.91 Å².